The van der Waals surface area contributed by atoms with Gasteiger partial charge in [0.1, 0.15) is 12.2 Å². The first kappa shape index (κ1) is 30.5. The number of aliphatic hydroxyl groups excluding tert-OH is 1. The van der Waals surface area contributed by atoms with E-state index < -0.39 is 23.1 Å². The number of carboxylic acids is 1. The number of carbonyl (C=O) groups excluding carboxylic acids is 1. The molecule has 5 saturated carbocycles. The van der Waals surface area contributed by atoms with Crippen LogP contribution in [-0.4, -0.2) is 47.2 Å². The quantitative estimate of drug-likeness (QED) is 0.299. The molecule has 7 nitrogen and oxygen atoms in total. The Bertz CT molecular complexity index is 1310. The van der Waals surface area contributed by atoms with Gasteiger partial charge in [-0.05, 0) is 128 Å². The third-order valence-electron chi connectivity index (χ3n) is 15.5. The second kappa shape index (κ2) is 9.94. The van der Waals surface area contributed by atoms with E-state index in [2.05, 4.69) is 39.9 Å². The number of anilines is 1. The van der Waals surface area contributed by atoms with Crippen molar-refractivity contribution in [1.82, 2.24) is 0 Å². The molecular weight excluding hydrogens is 554 g/mol. The number of ether oxygens (including phenoxy) is 2. The number of benzene rings is 1. The number of aliphatic carboxylic acids is 1. The van der Waals surface area contributed by atoms with Gasteiger partial charge in [0.25, 0.3) is 0 Å². The molecule has 1 aliphatic heterocycles. The zero-order chi connectivity index (χ0) is 31.3. The average Bonchev–Trinajstić information content (AvgIpc) is 3.66. The number of nitrogens with one attached hydrogen (secondary N) is 1. The van der Waals surface area contributed by atoms with Crippen LogP contribution in [0.4, 0.5) is 10.5 Å². The molecule has 7 rings (SSSR count). The molecule has 1 aromatic rings. The van der Waals surface area contributed by atoms with Gasteiger partial charge in [-0.3, -0.25) is 10.1 Å². The van der Waals surface area contributed by atoms with Crippen LogP contribution in [0.3, 0.4) is 0 Å². The van der Waals surface area contributed by atoms with E-state index in [4.69, 9.17) is 9.47 Å². The van der Waals surface area contributed by atoms with E-state index in [-0.39, 0.29) is 46.2 Å². The molecule has 0 radical (unpaired) electrons. The zero-order valence-corrected chi connectivity index (χ0v) is 27.4. The summed E-state index contributed by atoms with van der Waals surface area (Å²) in [6.45, 7) is 12.9. The summed E-state index contributed by atoms with van der Waals surface area (Å²) < 4.78 is 12.0. The molecule has 3 N–H and O–H groups in total. The minimum absolute atomic E-state index is 0.00922. The van der Waals surface area contributed by atoms with Crippen LogP contribution in [0.5, 0.6) is 0 Å². The van der Waals surface area contributed by atoms with Gasteiger partial charge in [-0.15, -0.1) is 0 Å². The number of amides is 1. The highest BCUT2D eigenvalue weighted by Gasteiger charge is 2.74. The number of para-hydroxylation sites is 1. The van der Waals surface area contributed by atoms with Crippen LogP contribution in [0, 0.1) is 56.7 Å². The summed E-state index contributed by atoms with van der Waals surface area (Å²) in [6.07, 6.45) is 8.80. The summed E-state index contributed by atoms with van der Waals surface area (Å²) in [4.78, 5) is 26.0. The fraction of sp³-hybridized carbons (Fsp3) is 0.784. The Morgan fingerprint density at radius 1 is 0.864 bits per heavy atom. The topological polar surface area (TPSA) is 108 Å². The highest BCUT2D eigenvalue weighted by molar-refractivity contribution is 5.84. The Hall–Kier alpha value is -2.12. The van der Waals surface area contributed by atoms with Gasteiger partial charge >= 0.3 is 12.1 Å². The lowest BCUT2D eigenvalue weighted by Gasteiger charge is -2.72. The van der Waals surface area contributed by atoms with Crippen LogP contribution in [0.25, 0.3) is 0 Å². The molecule has 2 unspecified atom stereocenters. The standard InChI is InChI=1S/C37H53NO6/c1-32(2)26-14-17-35(5)27(33(26,3)16-15-28(32)39)12-11-24-29-25(13-18-36(29,30(40)41)20-19-34(24,35)4)37(22-44-37)21-43-31(42)38-23-9-7-6-8-10-23/h6-10,24-29,39H,11-22H2,1-5H3,(H,38,42)(H,40,41)/t24?,25-,26+,27-,28-,29-,33+,34-,35-,36+,37?/m1/s1. The van der Waals surface area contributed by atoms with E-state index in [1.165, 1.54) is 0 Å². The number of fused-ring (bicyclic) bond motifs is 7. The van der Waals surface area contributed by atoms with E-state index in [0.29, 0.717) is 42.9 Å². The van der Waals surface area contributed by atoms with Gasteiger partial charge in [-0.1, -0.05) is 52.8 Å². The first-order chi connectivity index (χ1) is 20.7. The van der Waals surface area contributed by atoms with Crippen molar-refractivity contribution in [3.05, 3.63) is 30.3 Å². The number of rotatable bonds is 5. The van der Waals surface area contributed by atoms with Crippen molar-refractivity contribution in [2.75, 3.05) is 18.5 Å². The second-order valence-corrected chi connectivity index (χ2v) is 17.1. The van der Waals surface area contributed by atoms with Crippen molar-refractivity contribution in [3.8, 4) is 0 Å². The Morgan fingerprint density at radius 3 is 2.27 bits per heavy atom. The van der Waals surface area contributed by atoms with Gasteiger partial charge in [0.05, 0.1) is 18.1 Å². The molecule has 5 aliphatic carbocycles. The van der Waals surface area contributed by atoms with Crippen molar-refractivity contribution < 1.29 is 29.3 Å². The molecule has 242 valence electrons. The van der Waals surface area contributed by atoms with Crippen LogP contribution in [-0.2, 0) is 14.3 Å². The van der Waals surface area contributed by atoms with Gasteiger partial charge in [0.2, 0.25) is 0 Å². The van der Waals surface area contributed by atoms with Crippen LogP contribution >= 0.6 is 0 Å². The highest BCUT2D eigenvalue weighted by Crippen LogP contribution is 2.78. The summed E-state index contributed by atoms with van der Waals surface area (Å²) in [5.41, 5.74) is -0.419. The number of carboxylic acid groups (broad SMARTS) is 1. The first-order valence-corrected chi connectivity index (χ1v) is 17.3. The minimum Gasteiger partial charge on any atom is -0.481 e. The number of hydrogen-bond donors (Lipinski definition) is 3. The third-order valence-corrected chi connectivity index (χ3v) is 15.5. The minimum atomic E-state index is -0.735. The van der Waals surface area contributed by atoms with Crippen molar-refractivity contribution in [1.29, 1.82) is 0 Å². The number of hydrogen-bond acceptors (Lipinski definition) is 5. The summed E-state index contributed by atoms with van der Waals surface area (Å²) in [5.74, 6) is 0.785. The summed E-state index contributed by atoms with van der Waals surface area (Å²) in [7, 11) is 0. The Balaban J connectivity index is 1.17. The molecule has 0 spiro atoms. The predicted octanol–water partition coefficient (Wildman–Crippen LogP) is 7.53. The van der Waals surface area contributed by atoms with Crippen LogP contribution in [0.15, 0.2) is 30.3 Å². The number of carbonyl (C=O) groups is 2. The zero-order valence-electron chi connectivity index (χ0n) is 27.4. The average molecular weight is 608 g/mol. The van der Waals surface area contributed by atoms with Crippen LogP contribution in [0.2, 0.25) is 0 Å². The SMILES string of the molecule is CC1(C)[C@H](O)CC[C@]2(C)[C@H]3CCC4[C@@H]5[C@H](C6(COC(=O)Nc7ccccc7)CO6)CC[C@]5(C(=O)O)CC[C@@]4(C)[C@]3(C)CC[C@@H]12. The fourth-order valence-electron chi connectivity index (χ4n) is 12.9. The molecule has 1 aromatic carbocycles. The highest BCUT2D eigenvalue weighted by atomic mass is 16.6. The van der Waals surface area contributed by atoms with Gasteiger partial charge < -0.3 is 19.7 Å². The maximum absolute atomic E-state index is 13.2. The lowest BCUT2D eigenvalue weighted by molar-refractivity contribution is -0.250. The van der Waals surface area contributed by atoms with E-state index in [1.807, 2.05) is 30.3 Å². The maximum atomic E-state index is 13.2. The molecule has 1 heterocycles. The van der Waals surface area contributed by atoms with E-state index in [9.17, 15) is 19.8 Å². The lowest BCUT2D eigenvalue weighted by atomic mass is 9.32. The normalized spacial score (nSPS) is 48.6. The second-order valence-electron chi connectivity index (χ2n) is 17.1. The number of aliphatic hydroxyl groups is 1. The van der Waals surface area contributed by atoms with Gasteiger partial charge in [-0.2, -0.15) is 0 Å². The Labute approximate surface area is 262 Å². The molecule has 0 bridgehead atoms. The molecule has 11 atom stereocenters. The molecule has 7 heteroatoms. The third kappa shape index (κ3) is 4.06. The predicted molar refractivity (Wildman–Crippen MR) is 168 cm³/mol. The molecule has 0 aromatic heterocycles. The molecule has 6 aliphatic rings. The lowest BCUT2D eigenvalue weighted by Crippen LogP contribution is -2.67. The molecular formula is C37H53NO6. The van der Waals surface area contributed by atoms with Gasteiger partial charge in [-0.25, -0.2) is 4.79 Å². The summed E-state index contributed by atoms with van der Waals surface area (Å²) in [6, 6.07) is 9.29. The maximum Gasteiger partial charge on any atom is 0.411 e. The largest absolute Gasteiger partial charge is 0.481 e. The molecule has 6 fully saturated rings. The van der Waals surface area contributed by atoms with Gasteiger partial charge in [0.15, 0.2) is 0 Å². The molecule has 44 heavy (non-hydrogen) atoms. The summed E-state index contributed by atoms with van der Waals surface area (Å²) >= 11 is 0. The van der Waals surface area contributed by atoms with Crippen LogP contribution < -0.4 is 5.32 Å². The van der Waals surface area contributed by atoms with Crippen molar-refractivity contribution in [3.63, 3.8) is 0 Å². The van der Waals surface area contributed by atoms with Crippen molar-refractivity contribution in [2.24, 2.45) is 56.7 Å². The smallest absolute Gasteiger partial charge is 0.411 e. The van der Waals surface area contributed by atoms with Gasteiger partial charge in [0, 0.05) is 5.69 Å². The molecule has 1 saturated heterocycles. The Morgan fingerprint density at radius 2 is 1.59 bits per heavy atom. The van der Waals surface area contributed by atoms with E-state index in [0.717, 1.165) is 51.4 Å². The monoisotopic (exact) mass is 607 g/mol. The van der Waals surface area contributed by atoms with Crippen LogP contribution in [0.1, 0.15) is 98.8 Å². The van der Waals surface area contributed by atoms with Crippen molar-refractivity contribution >= 4 is 17.7 Å². The Kier molecular flexibility index (Phi) is 6.90. The first-order valence-electron chi connectivity index (χ1n) is 17.3. The molecule has 1 amide bonds. The van der Waals surface area contributed by atoms with E-state index in [1.54, 1.807) is 0 Å². The number of epoxide rings is 1. The fourth-order valence-corrected chi connectivity index (χ4v) is 12.9. The summed E-state index contributed by atoms with van der Waals surface area (Å²) in [5, 5.41) is 24.7. The van der Waals surface area contributed by atoms with Crippen molar-refractivity contribution in [2.45, 2.75) is 111 Å². The van der Waals surface area contributed by atoms with E-state index >= 15 is 0 Å².